The van der Waals surface area contributed by atoms with E-state index in [1.807, 2.05) is 54.6 Å². The third-order valence-electron chi connectivity index (χ3n) is 4.27. The summed E-state index contributed by atoms with van der Waals surface area (Å²) < 4.78 is 5.26. The van der Waals surface area contributed by atoms with Crippen LogP contribution < -0.4 is 32.9 Å². The monoisotopic (exact) mass is 438 g/mol. The van der Waals surface area contributed by atoms with Crippen molar-refractivity contribution in [1.29, 1.82) is 0 Å². The molecule has 3 aromatic carbocycles. The predicted octanol–water partition coefficient (Wildman–Crippen LogP) is 0.161. The van der Waals surface area contributed by atoms with Gasteiger partial charge in [-0.3, -0.25) is 0 Å². The van der Waals surface area contributed by atoms with Gasteiger partial charge in [0.15, 0.2) is 12.8 Å². The van der Waals surface area contributed by atoms with Gasteiger partial charge in [-0.15, -0.1) is 6.42 Å². The van der Waals surface area contributed by atoms with Gasteiger partial charge in [-0.2, -0.15) is 0 Å². The number of hydrogen-bond acceptors (Lipinski definition) is 2. The standard InChI is InChI=1S/C23H20O2P.BrH/c1-2-18-25-23(24)19-26(20-12-6-3-7-13-20,21-14-8-4-9-15-21)22-16-10-5-11-17-22;/h1,3-17H,18-19H2;1H/q+1;/p-1. The fraction of sp³-hybridized carbons (Fsp3) is 0.0870. The van der Waals surface area contributed by atoms with E-state index in [-0.39, 0.29) is 35.7 Å². The van der Waals surface area contributed by atoms with Gasteiger partial charge >= 0.3 is 5.97 Å². The first-order chi connectivity index (χ1) is 12.8. The maximum Gasteiger partial charge on any atom is 0.346 e. The summed E-state index contributed by atoms with van der Waals surface area (Å²) in [6.45, 7) is -0.00278. The first-order valence-corrected chi connectivity index (χ1v) is 10.4. The van der Waals surface area contributed by atoms with E-state index in [9.17, 15) is 4.79 Å². The lowest BCUT2D eigenvalue weighted by atomic mass is 10.4. The molecule has 0 saturated carbocycles. The summed E-state index contributed by atoms with van der Waals surface area (Å²) in [6.07, 6.45) is 5.54. The van der Waals surface area contributed by atoms with E-state index in [0.717, 1.165) is 15.9 Å². The predicted molar refractivity (Wildman–Crippen MR) is 110 cm³/mol. The summed E-state index contributed by atoms with van der Waals surface area (Å²) in [4.78, 5) is 12.6. The molecule has 0 atom stereocenters. The first kappa shape index (κ1) is 20.9. The Morgan fingerprint density at radius 2 is 1.15 bits per heavy atom. The van der Waals surface area contributed by atoms with Gasteiger partial charge in [-0.1, -0.05) is 60.5 Å². The average molecular weight is 439 g/mol. The third kappa shape index (κ3) is 4.66. The topological polar surface area (TPSA) is 26.3 Å². The second-order valence-corrected chi connectivity index (χ2v) is 9.32. The number of terminal acetylenes is 1. The number of carbonyl (C=O) groups is 1. The second kappa shape index (κ2) is 10.1. The molecule has 0 spiro atoms. The molecule has 0 N–H and O–H groups in total. The zero-order valence-corrected chi connectivity index (χ0v) is 17.3. The van der Waals surface area contributed by atoms with Crippen LogP contribution in [0.4, 0.5) is 0 Å². The van der Waals surface area contributed by atoms with Crippen molar-refractivity contribution in [3.63, 3.8) is 0 Å². The molecule has 0 amide bonds. The highest BCUT2D eigenvalue weighted by Crippen LogP contribution is 2.55. The molecule has 0 aliphatic carbocycles. The SMILES string of the molecule is C#CCOC(=O)C[P+](c1ccccc1)(c1ccccc1)c1ccccc1.[Br-]. The quantitative estimate of drug-likeness (QED) is 0.311. The second-order valence-electron chi connectivity index (χ2n) is 5.84. The molecular formula is C23H20BrO2P. The van der Waals surface area contributed by atoms with Crippen molar-refractivity contribution in [1.82, 2.24) is 0 Å². The molecule has 0 radical (unpaired) electrons. The van der Waals surface area contributed by atoms with Crippen LogP contribution in [0.1, 0.15) is 0 Å². The minimum absolute atomic E-state index is 0. The highest BCUT2D eigenvalue weighted by Gasteiger charge is 2.47. The fourth-order valence-electron chi connectivity index (χ4n) is 3.13. The summed E-state index contributed by atoms with van der Waals surface area (Å²) in [5.74, 6) is 2.10. The summed E-state index contributed by atoms with van der Waals surface area (Å²) in [5, 5.41) is 3.44. The van der Waals surface area contributed by atoms with Crippen molar-refractivity contribution >= 4 is 29.1 Å². The Morgan fingerprint density at radius 1 is 0.778 bits per heavy atom. The van der Waals surface area contributed by atoms with Crippen LogP contribution in [-0.2, 0) is 9.53 Å². The van der Waals surface area contributed by atoms with Crippen LogP contribution in [0.2, 0.25) is 0 Å². The Bertz CT molecular complexity index is 793. The van der Waals surface area contributed by atoms with Crippen molar-refractivity contribution < 1.29 is 26.5 Å². The molecule has 0 saturated heterocycles. The first-order valence-electron chi connectivity index (χ1n) is 8.41. The fourth-order valence-corrected chi connectivity index (χ4v) is 7.09. The number of benzene rings is 3. The smallest absolute Gasteiger partial charge is 0.346 e. The Morgan fingerprint density at radius 3 is 1.48 bits per heavy atom. The van der Waals surface area contributed by atoms with Gasteiger partial charge in [-0.25, -0.2) is 4.79 Å². The molecule has 27 heavy (non-hydrogen) atoms. The number of halogens is 1. The maximum atomic E-state index is 12.6. The lowest BCUT2D eigenvalue weighted by molar-refractivity contribution is -0.139. The van der Waals surface area contributed by atoms with Crippen molar-refractivity contribution in [2.75, 3.05) is 12.8 Å². The van der Waals surface area contributed by atoms with Crippen LogP contribution >= 0.6 is 7.26 Å². The van der Waals surface area contributed by atoms with E-state index < -0.39 is 7.26 Å². The number of hydrogen-bond donors (Lipinski definition) is 0. The molecule has 3 aromatic rings. The lowest BCUT2D eigenvalue weighted by Gasteiger charge is -2.26. The van der Waals surface area contributed by atoms with E-state index in [2.05, 4.69) is 42.3 Å². The van der Waals surface area contributed by atoms with Gasteiger partial charge in [0.25, 0.3) is 0 Å². The maximum absolute atomic E-state index is 12.6. The molecule has 0 aliphatic rings. The van der Waals surface area contributed by atoms with Gasteiger partial charge in [0.1, 0.15) is 23.2 Å². The molecule has 3 rings (SSSR count). The highest BCUT2D eigenvalue weighted by atomic mass is 79.9. The van der Waals surface area contributed by atoms with Crippen molar-refractivity contribution in [2.45, 2.75) is 0 Å². The molecule has 0 heterocycles. The number of esters is 1. The average Bonchev–Trinajstić information content (AvgIpc) is 2.72. The van der Waals surface area contributed by atoms with E-state index >= 15 is 0 Å². The van der Waals surface area contributed by atoms with Gasteiger partial charge < -0.3 is 21.7 Å². The third-order valence-corrected chi connectivity index (χ3v) is 8.55. The molecule has 0 unspecified atom stereocenters. The minimum Gasteiger partial charge on any atom is -1.00 e. The minimum atomic E-state index is -2.19. The molecule has 0 aromatic heterocycles. The number of ether oxygens (including phenoxy) is 1. The Labute approximate surface area is 171 Å². The molecule has 0 aliphatic heterocycles. The summed E-state index contributed by atoms with van der Waals surface area (Å²) in [7, 11) is -2.19. The van der Waals surface area contributed by atoms with Gasteiger partial charge in [0.2, 0.25) is 0 Å². The van der Waals surface area contributed by atoms with Crippen LogP contribution in [0.5, 0.6) is 0 Å². The zero-order chi connectivity index (χ0) is 18.2. The van der Waals surface area contributed by atoms with Crippen LogP contribution in [0, 0.1) is 12.3 Å². The van der Waals surface area contributed by atoms with Crippen LogP contribution in [-0.4, -0.2) is 18.7 Å². The highest BCUT2D eigenvalue weighted by molar-refractivity contribution is 7.96. The largest absolute Gasteiger partial charge is 1.00 e. The summed E-state index contributed by atoms with van der Waals surface area (Å²) >= 11 is 0. The van der Waals surface area contributed by atoms with Gasteiger partial charge in [0.05, 0.1) is 0 Å². The normalized spacial score (nSPS) is 10.3. The van der Waals surface area contributed by atoms with Crippen LogP contribution in [0.3, 0.4) is 0 Å². The van der Waals surface area contributed by atoms with Crippen LogP contribution in [0.25, 0.3) is 0 Å². The number of rotatable bonds is 6. The lowest BCUT2D eigenvalue weighted by Crippen LogP contribution is -3.00. The zero-order valence-electron chi connectivity index (χ0n) is 14.8. The number of carbonyl (C=O) groups excluding carboxylic acids is 1. The van der Waals surface area contributed by atoms with Crippen molar-refractivity contribution in [2.24, 2.45) is 0 Å². The van der Waals surface area contributed by atoms with Crippen molar-refractivity contribution in [3.05, 3.63) is 91.0 Å². The van der Waals surface area contributed by atoms with Gasteiger partial charge in [-0.05, 0) is 36.4 Å². The Kier molecular flexibility index (Phi) is 7.80. The Hall–Kier alpha value is -2.40. The van der Waals surface area contributed by atoms with E-state index in [0.29, 0.717) is 0 Å². The Balaban J connectivity index is 0.00000261. The summed E-state index contributed by atoms with van der Waals surface area (Å²) in [6, 6.07) is 30.7. The van der Waals surface area contributed by atoms with E-state index in [4.69, 9.17) is 11.2 Å². The molecule has 4 heteroatoms. The molecule has 2 nitrogen and oxygen atoms in total. The van der Waals surface area contributed by atoms with E-state index in [1.165, 1.54) is 0 Å². The van der Waals surface area contributed by atoms with E-state index in [1.54, 1.807) is 0 Å². The molecule has 0 fully saturated rings. The summed E-state index contributed by atoms with van der Waals surface area (Å²) in [5.41, 5.74) is 0. The molecular weight excluding hydrogens is 419 g/mol. The van der Waals surface area contributed by atoms with Gasteiger partial charge in [0, 0.05) is 0 Å². The molecule has 136 valence electrons. The van der Waals surface area contributed by atoms with Crippen LogP contribution in [0.15, 0.2) is 91.0 Å². The van der Waals surface area contributed by atoms with Crippen molar-refractivity contribution in [3.8, 4) is 12.3 Å². The molecule has 0 bridgehead atoms.